The smallest absolute Gasteiger partial charge is 0.142 e. The molecule has 1 N–H and O–H groups in total. The molecule has 1 heterocycles. The standard InChI is InChI=1S/C13H19NO/c1-4-13(2)9-8-10-6-5-7-11(15-3)12(10)14-13/h5-7,14H,4,8-9H2,1-3H3. The van der Waals surface area contributed by atoms with Crippen LogP contribution < -0.4 is 10.1 Å². The number of anilines is 1. The van der Waals surface area contributed by atoms with E-state index in [1.807, 2.05) is 6.07 Å². The molecule has 1 aromatic rings. The van der Waals surface area contributed by atoms with Crippen molar-refractivity contribution in [3.8, 4) is 5.75 Å². The van der Waals surface area contributed by atoms with Gasteiger partial charge in [0.15, 0.2) is 0 Å². The first-order chi connectivity index (χ1) is 7.18. The second kappa shape index (κ2) is 3.76. The average molecular weight is 205 g/mol. The van der Waals surface area contributed by atoms with E-state index in [0.717, 1.165) is 18.6 Å². The number of nitrogens with one attached hydrogen (secondary N) is 1. The summed E-state index contributed by atoms with van der Waals surface area (Å²) in [5.74, 6) is 0.965. The van der Waals surface area contributed by atoms with Crippen molar-refractivity contribution in [1.29, 1.82) is 0 Å². The first-order valence-electron chi connectivity index (χ1n) is 5.62. The van der Waals surface area contributed by atoms with Crippen molar-refractivity contribution < 1.29 is 4.74 Å². The molecule has 0 spiro atoms. The molecule has 15 heavy (non-hydrogen) atoms. The normalized spacial score (nSPS) is 24.2. The lowest BCUT2D eigenvalue weighted by Gasteiger charge is -2.37. The van der Waals surface area contributed by atoms with E-state index in [9.17, 15) is 0 Å². The molecule has 1 aliphatic rings. The van der Waals surface area contributed by atoms with Gasteiger partial charge in [-0.05, 0) is 37.8 Å². The summed E-state index contributed by atoms with van der Waals surface area (Å²) >= 11 is 0. The van der Waals surface area contributed by atoms with Crippen LogP contribution in [0.4, 0.5) is 5.69 Å². The molecule has 0 aliphatic carbocycles. The van der Waals surface area contributed by atoms with E-state index >= 15 is 0 Å². The van der Waals surface area contributed by atoms with Crippen LogP contribution in [0.1, 0.15) is 32.3 Å². The number of aryl methyl sites for hydroxylation is 1. The van der Waals surface area contributed by atoms with Gasteiger partial charge in [-0.25, -0.2) is 0 Å². The van der Waals surface area contributed by atoms with E-state index in [1.165, 1.54) is 17.7 Å². The number of methoxy groups -OCH3 is 1. The van der Waals surface area contributed by atoms with Crippen LogP contribution in [0.15, 0.2) is 18.2 Å². The summed E-state index contributed by atoms with van der Waals surface area (Å²) in [5, 5.41) is 3.62. The van der Waals surface area contributed by atoms with Crippen molar-refractivity contribution in [3.63, 3.8) is 0 Å². The third-order valence-electron chi connectivity index (χ3n) is 3.49. The van der Waals surface area contributed by atoms with E-state index in [1.54, 1.807) is 7.11 Å². The fourth-order valence-electron chi connectivity index (χ4n) is 2.14. The molecule has 1 atom stereocenters. The Hall–Kier alpha value is -1.18. The van der Waals surface area contributed by atoms with Crippen LogP contribution in [0.25, 0.3) is 0 Å². The maximum Gasteiger partial charge on any atom is 0.142 e. The van der Waals surface area contributed by atoms with Gasteiger partial charge in [-0.2, -0.15) is 0 Å². The zero-order valence-electron chi connectivity index (χ0n) is 9.76. The maximum absolute atomic E-state index is 5.39. The Morgan fingerprint density at radius 2 is 2.27 bits per heavy atom. The lowest BCUT2D eigenvalue weighted by Crippen LogP contribution is -2.38. The SMILES string of the molecule is CCC1(C)CCc2cccc(OC)c2N1. The second-order valence-electron chi connectivity index (χ2n) is 4.53. The fraction of sp³-hybridized carbons (Fsp3) is 0.538. The Kier molecular flexibility index (Phi) is 2.59. The fourth-order valence-corrected chi connectivity index (χ4v) is 2.14. The van der Waals surface area contributed by atoms with Gasteiger partial charge in [-0.15, -0.1) is 0 Å². The second-order valence-corrected chi connectivity index (χ2v) is 4.53. The highest BCUT2D eigenvalue weighted by Gasteiger charge is 2.28. The Morgan fingerprint density at radius 3 is 2.93 bits per heavy atom. The van der Waals surface area contributed by atoms with Crippen molar-refractivity contribution in [2.75, 3.05) is 12.4 Å². The molecule has 1 unspecified atom stereocenters. The van der Waals surface area contributed by atoms with Crippen LogP contribution in [0.5, 0.6) is 5.75 Å². The summed E-state index contributed by atoms with van der Waals surface area (Å²) in [6.45, 7) is 4.51. The molecule has 0 amide bonds. The predicted octanol–water partition coefficient (Wildman–Crippen LogP) is 3.22. The average Bonchev–Trinajstić information content (AvgIpc) is 2.28. The van der Waals surface area contributed by atoms with E-state index in [-0.39, 0.29) is 5.54 Å². The van der Waals surface area contributed by atoms with Gasteiger partial charge in [0, 0.05) is 5.54 Å². The number of fused-ring (bicyclic) bond motifs is 1. The highest BCUT2D eigenvalue weighted by atomic mass is 16.5. The third-order valence-corrected chi connectivity index (χ3v) is 3.49. The number of hydrogen-bond acceptors (Lipinski definition) is 2. The Labute approximate surface area is 91.6 Å². The van der Waals surface area contributed by atoms with Crippen molar-refractivity contribution in [2.24, 2.45) is 0 Å². The van der Waals surface area contributed by atoms with Crippen LogP contribution in [-0.2, 0) is 6.42 Å². The molecule has 2 nitrogen and oxygen atoms in total. The molecule has 0 aromatic heterocycles. The minimum Gasteiger partial charge on any atom is -0.495 e. The van der Waals surface area contributed by atoms with Gasteiger partial charge in [0.25, 0.3) is 0 Å². The molecular formula is C13H19NO. The van der Waals surface area contributed by atoms with Gasteiger partial charge in [-0.3, -0.25) is 0 Å². The van der Waals surface area contributed by atoms with Gasteiger partial charge in [0.1, 0.15) is 5.75 Å². The molecule has 2 heteroatoms. The number of para-hydroxylation sites is 1. The number of benzene rings is 1. The molecule has 1 aromatic carbocycles. The van der Waals surface area contributed by atoms with Gasteiger partial charge < -0.3 is 10.1 Å². The Morgan fingerprint density at radius 1 is 1.47 bits per heavy atom. The molecule has 2 rings (SSSR count). The molecule has 0 fully saturated rings. The summed E-state index contributed by atoms with van der Waals surface area (Å²) in [7, 11) is 1.73. The maximum atomic E-state index is 5.39. The monoisotopic (exact) mass is 205 g/mol. The van der Waals surface area contributed by atoms with Crippen molar-refractivity contribution in [2.45, 2.75) is 38.6 Å². The van der Waals surface area contributed by atoms with E-state index in [0.29, 0.717) is 0 Å². The lowest BCUT2D eigenvalue weighted by atomic mass is 9.85. The predicted molar refractivity (Wildman–Crippen MR) is 63.6 cm³/mol. The van der Waals surface area contributed by atoms with Crippen LogP contribution in [0.3, 0.4) is 0 Å². The van der Waals surface area contributed by atoms with Crippen LogP contribution in [-0.4, -0.2) is 12.6 Å². The first kappa shape index (κ1) is 10.3. The summed E-state index contributed by atoms with van der Waals surface area (Å²) in [6.07, 6.45) is 3.48. The van der Waals surface area contributed by atoms with Gasteiger partial charge in [0.2, 0.25) is 0 Å². The van der Waals surface area contributed by atoms with E-state index in [2.05, 4.69) is 31.3 Å². The molecular weight excluding hydrogens is 186 g/mol. The van der Waals surface area contributed by atoms with E-state index in [4.69, 9.17) is 4.74 Å². The van der Waals surface area contributed by atoms with Crippen LogP contribution >= 0.6 is 0 Å². The zero-order chi connectivity index (χ0) is 10.9. The molecule has 82 valence electrons. The summed E-state index contributed by atoms with van der Waals surface area (Å²) in [5.41, 5.74) is 2.79. The highest BCUT2D eigenvalue weighted by Crippen LogP contribution is 2.38. The topological polar surface area (TPSA) is 21.3 Å². The molecule has 0 saturated carbocycles. The Bertz CT molecular complexity index is 347. The quantitative estimate of drug-likeness (QED) is 0.800. The summed E-state index contributed by atoms with van der Waals surface area (Å²) < 4.78 is 5.39. The lowest BCUT2D eigenvalue weighted by molar-refractivity contribution is 0.402. The largest absolute Gasteiger partial charge is 0.495 e. The number of rotatable bonds is 2. The molecule has 1 aliphatic heterocycles. The van der Waals surface area contributed by atoms with Gasteiger partial charge >= 0.3 is 0 Å². The van der Waals surface area contributed by atoms with Gasteiger partial charge in [0.05, 0.1) is 12.8 Å². The minimum absolute atomic E-state index is 0.224. The minimum atomic E-state index is 0.224. The van der Waals surface area contributed by atoms with Gasteiger partial charge in [-0.1, -0.05) is 19.1 Å². The van der Waals surface area contributed by atoms with E-state index < -0.39 is 0 Å². The van der Waals surface area contributed by atoms with Crippen LogP contribution in [0, 0.1) is 0 Å². The van der Waals surface area contributed by atoms with Crippen molar-refractivity contribution in [1.82, 2.24) is 0 Å². The molecule has 0 saturated heterocycles. The number of ether oxygens (including phenoxy) is 1. The van der Waals surface area contributed by atoms with Crippen molar-refractivity contribution >= 4 is 5.69 Å². The summed E-state index contributed by atoms with van der Waals surface area (Å²) in [4.78, 5) is 0. The number of hydrogen-bond donors (Lipinski definition) is 1. The first-order valence-corrected chi connectivity index (χ1v) is 5.62. The third kappa shape index (κ3) is 1.81. The summed E-state index contributed by atoms with van der Waals surface area (Å²) in [6, 6.07) is 6.27. The highest BCUT2D eigenvalue weighted by molar-refractivity contribution is 5.64. The Balaban J connectivity index is 2.38. The molecule has 0 radical (unpaired) electrons. The van der Waals surface area contributed by atoms with Crippen LogP contribution in [0.2, 0.25) is 0 Å². The van der Waals surface area contributed by atoms with Crippen molar-refractivity contribution in [3.05, 3.63) is 23.8 Å². The molecule has 0 bridgehead atoms. The zero-order valence-corrected chi connectivity index (χ0v) is 9.76.